The topological polar surface area (TPSA) is 68.3 Å². The lowest BCUT2D eigenvalue weighted by Crippen LogP contribution is -2.16. The maximum absolute atomic E-state index is 12.0. The minimum absolute atomic E-state index is 0.0914. The lowest BCUT2D eigenvalue weighted by molar-refractivity contribution is -0.139. The molecule has 2 aliphatic rings. The molecule has 1 aromatic heterocycles. The van der Waals surface area contributed by atoms with Crippen LogP contribution >= 0.6 is 11.3 Å². The molecule has 102 valence electrons. The Balaban J connectivity index is 1.55. The Morgan fingerprint density at radius 1 is 1.47 bits per heavy atom. The third kappa shape index (κ3) is 2.49. The highest BCUT2D eigenvalue weighted by Crippen LogP contribution is 2.57. The van der Waals surface area contributed by atoms with E-state index in [1.54, 1.807) is 5.38 Å². The third-order valence-corrected chi connectivity index (χ3v) is 4.85. The van der Waals surface area contributed by atoms with Crippen LogP contribution in [0.5, 0.6) is 0 Å². The monoisotopic (exact) mass is 280 g/mol. The van der Waals surface area contributed by atoms with Crippen molar-refractivity contribution in [1.29, 1.82) is 0 Å². The van der Waals surface area contributed by atoms with Gasteiger partial charge in [0.2, 0.25) is 5.91 Å². The highest BCUT2D eigenvalue weighted by atomic mass is 32.1. The van der Waals surface area contributed by atoms with E-state index in [2.05, 4.69) is 15.0 Å². The second-order valence-corrected chi connectivity index (χ2v) is 6.03. The molecular weight excluding hydrogens is 264 g/mol. The van der Waals surface area contributed by atoms with Gasteiger partial charge in [-0.15, -0.1) is 11.3 Å². The van der Waals surface area contributed by atoms with Crippen LogP contribution in [0.4, 0.5) is 5.13 Å². The number of nitrogens with zero attached hydrogens (tertiary/aromatic N) is 1. The number of carbonyl (C=O) groups is 2. The number of hydrogen-bond donors (Lipinski definition) is 1. The van der Waals surface area contributed by atoms with Gasteiger partial charge in [-0.1, -0.05) is 6.42 Å². The van der Waals surface area contributed by atoms with E-state index in [-0.39, 0.29) is 24.2 Å². The number of hydrogen-bond acceptors (Lipinski definition) is 5. The molecule has 1 heterocycles. The summed E-state index contributed by atoms with van der Waals surface area (Å²) >= 11 is 1.35. The second-order valence-electron chi connectivity index (χ2n) is 5.17. The normalized spacial score (nSPS) is 27.7. The van der Waals surface area contributed by atoms with Gasteiger partial charge in [0.25, 0.3) is 0 Å². The van der Waals surface area contributed by atoms with Gasteiger partial charge in [-0.2, -0.15) is 0 Å². The zero-order valence-electron chi connectivity index (χ0n) is 10.7. The van der Waals surface area contributed by atoms with Gasteiger partial charge in [-0.05, 0) is 24.7 Å². The smallest absolute Gasteiger partial charge is 0.311 e. The summed E-state index contributed by atoms with van der Waals surface area (Å²) in [6.07, 6.45) is 3.79. The van der Waals surface area contributed by atoms with Crippen LogP contribution in [-0.4, -0.2) is 24.0 Å². The Labute approximate surface area is 115 Å². The fourth-order valence-electron chi connectivity index (χ4n) is 3.06. The zero-order valence-corrected chi connectivity index (χ0v) is 11.5. The van der Waals surface area contributed by atoms with Crippen LogP contribution in [0.25, 0.3) is 0 Å². The molecule has 2 saturated carbocycles. The molecule has 0 spiro atoms. The summed E-state index contributed by atoms with van der Waals surface area (Å²) in [6.45, 7) is 0. The quantitative estimate of drug-likeness (QED) is 0.855. The summed E-state index contributed by atoms with van der Waals surface area (Å²) in [5.74, 6) is 1.18. The van der Waals surface area contributed by atoms with E-state index in [0.717, 1.165) is 0 Å². The Morgan fingerprint density at radius 2 is 2.21 bits per heavy atom. The number of amides is 1. The molecular formula is C13H16N2O3S. The molecule has 0 radical (unpaired) electrons. The van der Waals surface area contributed by atoms with E-state index in [0.29, 0.717) is 22.7 Å². The summed E-state index contributed by atoms with van der Waals surface area (Å²) in [5.41, 5.74) is 0.642. The van der Waals surface area contributed by atoms with Gasteiger partial charge in [0.15, 0.2) is 5.13 Å². The molecule has 2 aliphatic carbocycles. The lowest BCUT2D eigenvalue weighted by atomic mass is 10.1. The van der Waals surface area contributed by atoms with E-state index < -0.39 is 0 Å². The summed E-state index contributed by atoms with van der Waals surface area (Å²) in [5, 5.41) is 5.22. The Hall–Kier alpha value is -1.43. The summed E-state index contributed by atoms with van der Waals surface area (Å²) < 4.78 is 4.58. The Bertz CT molecular complexity index is 504. The molecule has 6 heteroatoms. The van der Waals surface area contributed by atoms with Crippen molar-refractivity contribution in [3.8, 4) is 0 Å². The largest absolute Gasteiger partial charge is 0.469 e. The van der Waals surface area contributed by atoms with E-state index in [9.17, 15) is 9.59 Å². The number of esters is 1. The van der Waals surface area contributed by atoms with Gasteiger partial charge in [0, 0.05) is 11.3 Å². The van der Waals surface area contributed by atoms with Crippen molar-refractivity contribution in [3.05, 3.63) is 11.1 Å². The van der Waals surface area contributed by atoms with Crippen LogP contribution in [0.15, 0.2) is 5.38 Å². The number of rotatable bonds is 4. The molecule has 1 amide bonds. The molecule has 0 aromatic carbocycles. The van der Waals surface area contributed by atoms with Gasteiger partial charge >= 0.3 is 5.97 Å². The number of nitrogens with one attached hydrogen (secondary N) is 1. The molecule has 0 bridgehead atoms. The zero-order chi connectivity index (χ0) is 13.4. The van der Waals surface area contributed by atoms with Crippen LogP contribution < -0.4 is 5.32 Å². The number of aromatic nitrogens is 1. The van der Waals surface area contributed by atoms with Crippen molar-refractivity contribution in [2.45, 2.75) is 25.7 Å². The standard InChI is InChI=1S/C13H16N2O3S/c1-18-10(16)5-7-6-19-13(14-7)15-12(17)11-8-3-2-4-9(8)11/h6,8-9,11H,2-5H2,1H3,(H,14,15,17). The number of fused-ring (bicyclic) bond motifs is 1. The summed E-state index contributed by atoms with van der Waals surface area (Å²) in [4.78, 5) is 27.4. The van der Waals surface area contributed by atoms with E-state index >= 15 is 0 Å². The van der Waals surface area contributed by atoms with Gasteiger partial charge in [-0.25, -0.2) is 4.98 Å². The predicted molar refractivity (Wildman–Crippen MR) is 70.8 cm³/mol. The van der Waals surface area contributed by atoms with E-state index in [1.165, 1.54) is 37.7 Å². The molecule has 2 fully saturated rings. The molecule has 0 saturated heterocycles. The number of anilines is 1. The number of thiazole rings is 1. The molecule has 0 aliphatic heterocycles. The minimum Gasteiger partial charge on any atom is -0.469 e. The van der Waals surface area contributed by atoms with E-state index in [4.69, 9.17) is 0 Å². The van der Waals surface area contributed by atoms with Crippen LogP contribution in [-0.2, 0) is 20.7 Å². The average molecular weight is 280 g/mol. The highest BCUT2D eigenvalue weighted by Gasteiger charge is 2.56. The average Bonchev–Trinajstić information content (AvgIpc) is 2.78. The van der Waals surface area contributed by atoms with Crippen molar-refractivity contribution in [2.24, 2.45) is 17.8 Å². The van der Waals surface area contributed by atoms with Gasteiger partial charge < -0.3 is 10.1 Å². The maximum Gasteiger partial charge on any atom is 0.311 e. The molecule has 2 atom stereocenters. The first-order chi connectivity index (χ1) is 9.19. The molecule has 5 nitrogen and oxygen atoms in total. The summed E-state index contributed by atoms with van der Waals surface area (Å²) in [7, 11) is 1.35. The van der Waals surface area contributed by atoms with Gasteiger partial charge in [0.05, 0.1) is 19.2 Å². The highest BCUT2D eigenvalue weighted by molar-refractivity contribution is 7.13. The molecule has 1 aromatic rings. The number of carbonyl (C=O) groups excluding carboxylic acids is 2. The van der Waals surface area contributed by atoms with Gasteiger partial charge in [0.1, 0.15) is 0 Å². The first-order valence-corrected chi connectivity index (χ1v) is 7.39. The molecule has 19 heavy (non-hydrogen) atoms. The van der Waals surface area contributed by atoms with Crippen molar-refractivity contribution >= 4 is 28.3 Å². The maximum atomic E-state index is 12.0. The van der Waals surface area contributed by atoms with Crippen molar-refractivity contribution in [3.63, 3.8) is 0 Å². The fourth-order valence-corrected chi connectivity index (χ4v) is 3.78. The third-order valence-electron chi connectivity index (χ3n) is 4.04. The minimum atomic E-state index is -0.320. The second kappa shape index (κ2) is 4.92. The van der Waals surface area contributed by atoms with Crippen LogP contribution in [0.3, 0.4) is 0 Å². The van der Waals surface area contributed by atoms with E-state index in [1.807, 2.05) is 0 Å². The Kier molecular flexibility index (Phi) is 3.26. The van der Waals surface area contributed by atoms with Crippen LogP contribution in [0.1, 0.15) is 25.0 Å². The summed E-state index contributed by atoms with van der Waals surface area (Å²) in [6, 6.07) is 0. The Morgan fingerprint density at radius 3 is 2.89 bits per heavy atom. The fraction of sp³-hybridized carbons (Fsp3) is 0.615. The molecule has 1 N–H and O–H groups in total. The SMILES string of the molecule is COC(=O)Cc1csc(NC(=O)C2C3CCCC32)n1. The van der Waals surface area contributed by atoms with Crippen molar-refractivity contribution in [2.75, 3.05) is 12.4 Å². The molecule has 3 rings (SSSR count). The first-order valence-electron chi connectivity index (χ1n) is 6.51. The first kappa shape index (κ1) is 12.6. The van der Waals surface area contributed by atoms with Crippen molar-refractivity contribution in [1.82, 2.24) is 4.98 Å². The predicted octanol–water partition coefficient (Wildman–Crippen LogP) is 1.84. The van der Waals surface area contributed by atoms with Crippen LogP contribution in [0.2, 0.25) is 0 Å². The van der Waals surface area contributed by atoms with Crippen molar-refractivity contribution < 1.29 is 14.3 Å². The molecule has 2 unspecified atom stereocenters. The van der Waals surface area contributed by atoms with Crippen LogP contribution in [0, 0.1) is 17.8 Å². The number of methoxy groups -OCH3 is 1. The lowest BCUT2D eigenvalue weighted by Gasteiger charge is -2.02. The van der Waals surface area contributed by atoms with Gasteiger partial charge in [-0.3, -0.25) is 9.59 Å². The number of ether oxygens (including phenoxy) is 1.